The van der Waals surface area contributed by atoms with Crippen molar-refractivity contribution < 1.29 is 9.21 Å². The van der Waals surface area contributed by atoms with Crippen LogP contribution in [-0.4, -0.2) is 25.5 Å². The maximum atomic E-state index is 13.4. The Morgan fingerprint density at radius 3 is 2.38 bits per heavy atom. The highest BCUT2D eigenvalue weighted by molar-refractivity contribution is 6.37. The van der Waals surface area contributed by atoms with Gasteiger partial charge in [-0.3, -0.25) is 9.78 Å². The summed E-state index contributed by atoms with van der Waals surface area (Å²) in [5.74, 6) is -0.427. The van der Waals surface area contributed by atoms with E-state index < -0.39 is 5.78 Å². The van der Waals surface area contributed by atoms with E-state index in [0.29, 0.717) is 27.5 Å². The van der Waals surface area contributed by atoms with Crippen LogP contribution >= 0.6 is 34.8 Å². The van der Waals surface area contributed by atoms with Crippen molar-refractivity contribution >= 4 is 51.5 Å². The second-order valence-electron chi connectivity index (χ2n) is 7.02. The molecule has 2 aromatic carbocycles. The Balaban J connectivity index is 1.60. The van der Waals surface area contributed by atoms with E-state index in [1.54, 1.807) is 48.8 Å². The van der Waals surface area contributed by atoms with E-state index >= 15 is 0 Å². The largest absolute Gasteiger partial charge is 0.413 e. The summed E-state index contributed by atoms with van der Waals surface area (Å²) in [6, 6.07) is 16.1. The van der Waals surface area contributed by atoms with Crippen LogP contribution in [0.2, 0.25) is 15.2 Å². The van der Waals surface area contributed by atoms with Gasteiger partial charge in [0.2, 0.25) is 5.89 Å². The van der Waals surface area contributed by atoms with Gasteiger partial charge in [0.05, 0.1) is 11.1 Å². The number of nitrogens with zero attached hydrogens (tertiary/aromatic N) is 4. The number of ketones is 1. The topological polar surface area (TPSA) is 73.8 Å². The van der Waals surface area contributed by atoms with Crippen LogP contribution in [0.5, 0.6) is 0 Å². The van der Waals surface area contributed by atoms with E-state index in [-0.39, 0.29) is 22.5 Å². The molecule has 0 saturated carbocycles. The van der Waals surface area contributed by atoms with Gasteiger partial charge in [-0.25, -0.2) is 0 Å². The van der Waals surface area contributed by atoms with Crippen LogP contribution in [0.25, 0.3) is 22.4 Å². The van der Waals surface area contributed by atoms with Crippen molar-refractivity contribution in [2.24, 2.45) is 0 Å². The summed E-state index contributed by atoms with van der Waals surface area (Å²) in [5.41, 5.74) is 2.64. The van der Waals surface area contributed by atoms with Crippen molar-refractivity contribution in [3.05, 3.63) is 99.2 Å². The van der Waals surface area contributed by atoms with Crippen molar-refractivity contribution in [1.29, 1.82) is 0 Å². The first-order chi connectivity index (χ1) is 15.5. The number of hydrogen-bond donors (Lipinski definition) is 0. The van der Waals surface area contributed by atoms with E-state index in [1.165, 1.54) is 0 Å². The lowest BCUT2D eigenvalue weighted by Crippen LogP contribution is -2.04. The predicted octanol–water partition coefficient (Wildman–Crippen LogP) is 6.33. The molecule has 0 spiro atoms. The van der Waals surface area contributed by atoms with Crippen molar-refractivity contribution in [1.82, 2.24) is 19.7 Å². The van der Waals surface area contributed by atoms with E-state index in [9.17, 15) is 4.79 Å². The third-order valence-electron chi connectivity index (χ3n) is 4.99. The molecule has 0 unspecified atom stereocenters. The van der Waals surface area contributed by atoms with Gasteiger partial charge in [0.1, 0.15) is 5.15 Å². The Labute approximate surface area is 197 Å². The number of aromatic nitrogens is 4. The van der Waals surface area contributed by atoms with Crippen LogP contribution in [0.15, 0.2) is 71.4 Å². The zero-order chi connectivity index (χ0) is 22.2. The van der Waals surface area contributed by atoms with Gasteiger partial charge in [0, 0.05) is 39.9 Å². The van der Waals surface area contributed by atoms with E-state index in [0.717, 1.165) is 11.1 Å². The van der Waals surface area contributed by atoms with Crippen LogP contribution in [0.1, 0.15) is 21.8 Å². The van der Waals surface area contributed by atoms with Gasteiger partial charge in [-0.05, 0) is 48.0 Å². The van der Waals surface area contributed by atoms with Crippen LogP contribution in [-0.2, 0) is 6.54 Å². The molecule has 6 nitrogen and oxygen atoms in total. The minimum absolute atomic E-state index is 0.163. The van der Waals surface area contributed by atoms with Gasteiger partial charge in [-0.1, -0.05) is 46.9 Å². The molecule has 5 aromatic rings. The smallest absolute Gasteiger partial charge is 0.289 e. The molecule has 3 heterocycles. The number of carbonyl (C=O) groups excluding carboxylic acids is 1. The molecule has 0 atom stereocenters. The first kappa shape index (κ1) is 20.7. The number of hydrogen-bond acceptors (Lipinski definition) is 5. The highest BCUT2D eigenvalue weighted by Gasteiger charge is 2.27. The van der Waals surface area contributed by atoms with Crippen LogP contribution < -0.4 is 0 Å². The van der Waals surface area contributed by atoms with E-state index in [4.69, 9.17) is 39.2 Å². The van der Waals surface area contributed by atoms with Gasteiger partial charge in [-0.2, -0.15) is 0 Å². The number of halogens is 3. The van der Waals surface area contributed by atoms with Gasteiger partial charge < -0.3 is 8.98 Å². The number of fused-ring (bicyclic) bond motifs is 1. The summed E-state index contributed by atoms with van der Waals surface area (Å²) in [7, 11) is 0. The molecule has 5 rings (SSSR count). The van der Waals surface area contributed by atoms with E-state index in [1.807, 2.05) is 22.8 Å². The molecule has 0 bridgehead atoms. The lowest BCUT2D eigenvalue weighted by molar-refractivity contribution is 0.100. The lowest BCUT2D eigenvalue weighted by Gasteiger charge is -2.08. The average Bonchev–Trinajstić information content (AvgIpc) is 3.39. The molecule has 0 saturated heterocycles. The summed E-state index contributed by atoms with van der Waals surface area (Å²) in [4.78, 5) is 17.3. The first-order valence-corrected chi connectivity index (χ1v) is 10.6. The van der Waals surface area contributed by atoms with Crippen molar-refractivity contribution in [2.45, 2.75) is 6.54 Å². The zero-order valence-electron chi connectivity index (χ0n) is 16.3. The molecular formula is C23H13Cl3N4O2. The number of pyridine rings is 1. The highest BCUT2D eigenvalue weighted by Crippen LogP contribution is 2.34. The second kappa shape index (κ2) is 8.39. The fraction of sp³-hybridized carbons (Fsp3) is 0.0435. The SMILES string of the molecule is O=C(c1nnc(-c2ccncc2)o1)c1c(Cl)n(Cc2ccc(Cl)cc2)c2ccc(Cl)cc12. The maximum absolute atomic E-state index is 13.4. The fourth-order valence-electron chi connectivity index (χ4n) is 3.47. The molecule has 32 heavy (non-hydrogen) atoms. The van der Waals surface area contributed by atoms with Crippen molar-refractivity contribution in [2.75, 3.05) is 0 Å². The quantitative estimate of drug-likeness (QED) is 0.273. The fourth-order valence-corrected chi connectivity index (χ4v) is 4.11. The minimum atomic E-state index is -0.482. The Morgan fingerprint density at radius 2 is 1.62 bits per heavy atom. The van der Waals surface area contributed by atoms with Gasteiger partial charge in [0.15, 0.2) is 0 Å². The molecular weight excluding hydrogens is 471 g/mol. The summed E-state index contributed by atoms with van der Waals surface area (Å²) < 4.78 is 7.48. The molecule has 3 aromatic heterocycles. The third-order valence-corrected chi connectivity index (χ3v) is 5.87. The molecule has 0 fully saturated rings. The maximum Gasteiger partial charge on any atom is 0.289 e. The number of benzene rings is 2. The monoisotopic (exact) mass is 482 g/mol. The molecule has 9 heteroatoms. The summed E-state index contributed by atoms with van der Waals surface area (Å²) >= 11 is 19.0. The third kappa shape index (κ3) is 3.77. The van der Waals surface area contributed by atoms with Crippen LogP contribution in [0, 0.1) is 0 Å². The summed E-state index contributed by atoms with van der Waals surface area (Å²) in [6.45, 7) is 0.438. The van der Waals surface area contributed by atoms with Crippen molar-refractivity contribution in [3.8, 4) is 11.5 Å². The molecule has 0 aliphatic heterocycles. The standard InChI is InChI=1S/C23H13Cl3N4O2/c24-15-3-1-13(2-4-15)12-30-18-6-5-16(25)11-17(18)19(21(30)26)20(31)23-29-28-22(32-23)14-7-9-27-10-8-14/h1-11H,12H2. The molecule has 0 aliphatic rings. The predicted molar refractivity (Wildman–Crippen MR) is 123 cm³/mol. The first-order valence-electron chi connectivity index (χ1n) is 9.51. The molecule has 0 amide bonds. The average molecular weight is 484 g/mol. The molecule has 0 radical (unpaired) electrons. The summed E-state index contributed by atoms with van der Waals surface area (Å²) in [5, 5.41) is 9.91. The zero-order valence-corrected chi connectivity index (χ0v) is 18.6. The number of carbonyl (C=O) groups is 1. The summed E-state index contributed by atoms with van der Waals surface area (Å²) in [6.07, 6.45) is 3.20. The Morgan fingerprint density at radius 1 is 0.906 bits per heavy atom. The lowest BCUT2D eigenvalue weighted by atomic mass is 10.1. The molecule has 0 N–H and O–H groups in total. The van der Waals surface area contributed by atoms with Crippen LogP contribution in [0.4, 0.5) is 0 Å². The minimum Gasteiger partial charge on any atom is -0.413 e. The van der Waals surface area contributed by atoms with Gasteiger partial charge in [0.25, 0.3) is 11.7 Å². The Kier molecular flexibility index (Phi) is 5.43. The van der Waals surface area contributed by atoms with Crippen LogP contribution in [0.3, 0.4) is 0 Å². The van der Waals surface area contributed by atoms with Gasteiger partial charge in [-0.15, -0.1) is 10.2 Å². The Bertz CT molecular complexity index is 1440. The van der Waals surface area contributed by atoms with E-state index in [2.05, 4.69) is 15.2 Å². The Hall–Kier alpha value is -3.19. The highest BCUT2D eigenvalue weighted by atomic mass is 35.5. The second-order valence-corrected chi connectivity index (χ2v) is 8.25. The molecule has 158 valence electrons. The number of rotatable bonds is 5. The van der Waals surface area contributed by atoms with Crippen molar-refractivity contribution in [3.63, 3.8) is 0 Å². The van der Waals surface area contributed by atoms with Gasteiger partial charge >= 0.3 is 0 Å². The normalized spacial score (nSPS) is 11.2. The molecule has 0 aliphatic carbocycles.